The number of carbonyl (C=O) groups excluding carboxylic acids is 1. The molecule has 0 radical (unpaired) electrons. The number of nitrogens with zero attached hydrogens (tertiary/aromatic N) is 1. The molecule has 3 N–H and O–H groups in total. The number of rotatable bonds is 3. The van der Waals surface area contributed by atoms with E-state index in [0.29, 0.717) is 17.3 Å². The summed E-state index contributed by atoms with van der Waals surface area (Å²) in [6, 6.07) is 7.67. The normalized spacial score (nSPS) is 13.7. The van der Waals surface area contributed by atoms with Crippen LogP contribution in [0.15, 0.2) is 24.3 Å². The lowest BCUT2D eigenvalue weighted by atomic mass is 10.0. The van der Waals surface area contributed by atoms with Gasteiger partial charge in [0.2, 0.25) is 0 Å². The fourth-order valence-corrected chi connectivity index (χ4v) is 2.50. The van der Waals surface area contributed by atoms with E-state index >= 15 is 0 Å². The van der Waals surface area contributed by atoms with Gasteiger partial charge in [0.25, 0.3) is 5.91 Å². The zero-order valence-corrected chi connectivity index (χ0v) is 12.4. The standard InChI is InChI=1S/C16H20N4O/c1-10(2)14-9-15(20-19-14)18-16(21)12-5-6-13-11(8-12)4-3-7-17-13/h5-6,8-10,17H,3-4,7H2,1-2H3,(H2,18,19,20,21). The Balaban J connectivity index is 1.75. The average Bonchev–Trinajstić information content (AvgIpc) is 2.95. The van der Waals surface area contributed by atoms with E-state index in [4.69, 9.17) is 0 Å². The number of carbonyl (C=O) groups is 1. The number of aryl methyl sites for hydroxylation is 1. The van der Waals surface area contributed by atoms with Gasteiger partial charge in [-0.1, -0.05) is 13.8 Å². The van der Waals surface area contributed by atoms with Crippen LogP contribution >= 0.6 is 0 Å². The number of benzene rings is 1. The van der Waals surface area contributed by atoms with Crippen LogP contribution in [-0.2, 0) is 6.42 Å². The van der Waals surface area contributed by atoms with Crippen LogP contribution in [0.4, 0.5) is 11.5 Å². The van der Waals surface area contributed by atoms with Crippen molar-refractivity contribution in [1.29, 1.82) is 0 Å². The summed E-state index contributed by atoms with van der Waals surface area (Å²) in [5.74, 6) is 0.808. The topological polar surface area (TPSA) is 69.8 Å². The molecule has 1 aromatic heterocycles. The lowest BCUT2D eigenvalue weighted by Crippen LogP contribution is -2.15. The van der Waals surface area contributed by atoms with E-state index in [1.807, 2.05) is 24.3 Å². The molecule has 110 valence electrons. The summed E-state index contributed by atoms with van der Waals surface area (Å²) in [6.07, 6.45) is 2.12. The number of aromatic amines is 1. The molecule has 0 saturated carbocycles. The molecule has 1 amide bonds. The molecule has 1 aromatic carbocycles. The van der Waals surface area contributed by atoms with Crippen molar-refractivity contribution in [3.63, 3.8) is 0 Å². The molecule has 0 unspecified atom stereocenters. The maximum Gasteiger partial charge on any atom is 0.256 e. The monoisotopic (exact) mass is 284 g/mol. The molecule has 0 fully saturated rings. The minimum Gasteiger partial charge on any atom is -0.385 e. The Labute approximate surface area is 124 Å². The summed E-state index contributed by atoms with van der Waals surface area (Å²) in [6.45, 7) is 5.16. The van der Waals surface area contributed by atoms with Crippen LogP contribution in [0.5, 0.6) is 0 Å². The van der Waals surface area contributed by atoms with Crippen LogP contribution in [-0.4, -0.2) is 22.6 Å². The summed E-state index contributed by atoms with van der Waals surface area (Å²) in [5, 5.41) is 13.2. The lowest BCUT2D eigenvalue weighted by molar-refractivity contribution is 0.102. The predicted molar refractivity (Wildman–Crippen MR) is 83.9 cm³/mol. The molecule has 1 aliphatic heterocycles. The molecule has 0 aliphatic carbocycles. The summed E-state index contributed by atoms with van der Waals surface area (Å²) in [5.41, 5.74) is 4.03. The number of fused-ring (bicyclic) bond motifs is 1. The molecule has 2 aromatic rings. The van der Waals surface area contributed by atoms with Crippen LogP contribution in [0.1, 0.15) is 47.8 Å². The van der Waals surface area contributed by atoms with E-state index in [2.05, 4.69) is 34.7 Å². The average molecular weight is 284 g/mol. The highest BCUT2D eigenvalue weighted by molar-refractivity contribution is 6.04. The first kappa shape index (κ1) is 13.7. The highest BCUT2D eigenvalue weighted by atomic mass is 16.1. The van der Waals surface area contributed by atoms with Crippen molar-refractivity contribution >= 4 is 17.4 Å². The molecule has 2 heterocycles. The molecular formula is C16H20N4O. The molecule has 3 rings (SSSR count). The Bertz CT molecular complexity index is 660. The first-order valence-electron chi connectivity index (χ1n) is 7.37. The van der Waals surface area contributed by atoms with Gasteiger partial charge in [0.1, 0.15) is 0 Å². The summed E-state index contributed by atoms with van der Waals surface area (Å²) in [7, 11) is 0. The van der Waals surface area contributed by atoms with Crippen molar-refractivity contribution in [2.24, 2.45) is 0 Å². The number of hydrogen-bond donors (Lipinski definition) is 3. The van der Waals surface area contributed by atoms with Crippen LogP contribution < -0.4 is 10.6 Å². The largest absolute Gasteiger partial charge is 0.385 e. The van der Waals surface area contributed by atoms with Crippen molar-refractivity contribution < 1.29 is 4.79 Å². The van der Waals surface area contributed by atoms with Crippen LogP contribution in [0.25, 0.3) is 0 Å². The maximum absolute atomic E-state index is 12.3. The second kappa shape index (κ2) is 5.60. The van der Waals surface area contributed by atoms with Crippen molar-refractivity contribution in [2.45, 2.75) is 32.6 Å². The van der Waals surface area contributed by atoms with Crippen LogP contribution in [0.3, 0.4) is 0 Å². The Kier molecular flexibility index (Phi) is 3.64. The Morgan fingerprint density at radius 3 is 2.95 bits per heavy atom. The third-order valence-electron chi connectivity index (χ3n) is 3.77. The van der Waals surface area contributed by atoms with Gasteiger partial charge in [0.05, 0.1) is 0 Å². The number of H-pyrrole nitrogens is 1. The third-order valence-corrected chi connectivity index (χ3v) is 3.77. The number of amides is 1. The van der Waals surface area contributed by atoms with E-state index in [-0.39, 0.29) is 5.91 Å². The second-order valence-electron chi connectivity index (χ2n) is 5.72. The Morgan fingerprint density at radius 2 is 2.19 bits per heavy atom. The van der Waals surface area contributed by atoms with Gasteiger partial charge in [0.15, 0.2) is 5.82 Å². The van der Waals surface area contributed by atoms with Gasteiger partial charge in [0, 0.05) is 29.6 Å². The van der Waals surface area contributed by atoms with Gasteiger partial charge in [-0.05, 0) is 42.5 Å². The fraction of sp³-hybridized carbons (Fsp3) is 0.375. The lowest BCUT2D eigenvalue weighted by Gasteiger charge is -2.18. The van der Waals surface area contributed by atoms with Crippen LogP contribution in [0, 0.1) is 0 Å². The Morgan fingerprint density at radius 1 is 1.33 bits per heavy atom. The molecule has 1 aliphatic rings. The SMILES string of the molecule is CC(C)c1cc(NC(=O)c2ccc3c(c2)CCCN3)n[nH]1. The summed E-state index contributed by atoms with van der Waals surface area (Å²) in [4.78, 5) is 12.3. The van der Waals surface area contributed by atoms with Gasteiger partial charge < -0.3 is 10.6 Å². The van der Waals surface area contributed by atoms with E-state index in [9.17, 15) is 4.79 Å². The molecule has 5 nitrogen and oxygen atoms in total. The van der Waals surface area contributed by atoms with E-state index < -0.39 is 0 Å². The number of nitrogens with one attached hydrogen (secondary N) is 3. The Hall–Kier alpha value is -2.30. The van der Waals surface area contributed by atoms with Gasteiger partial charge >= 0.3 is 0 Å². The highest BCUT2D eigenvalue weighted by Crippen LogP contribution is 2.23. The van der Waals surface area contributed by atoms with Gasteiger partial charge in [-0.3, -0.25) is 9.89 Å². The first-order valence-corrected chi connectivity index (χ1v) is 7.37. The van der Waals surface area contributed by atoms with E-state index in [1.54, 1.807) is 0 Å². The third kappa shape index (κ3) is 2.91. The van der Waals surface area contributed by atoms with Gasteiger partial charge in [-0.2, -0.15) is 5.10 Å². The highest BCUT2D eigenvalue weighted by Gasteiger charge is 2.14. The summed E-state index contributed by atoms with van der Waals surface area (Å²) < 4.78 is 0. The molecule has 5 heteroatoms. The molecule has 0 saturated heterocycles. The number of anilines is 2. The van der Waals surface area contributed by atoms with Gasteiger partial charge in [-0.25, -0.2) is 0 Å². The molecular weight excluding hydrogens is 264 g/mol. The minimum absolute atomic E-state index is 0.120. The predicted octanol–water partition coefficient (Wildman–Crippen LogP) is 3.14. The zero-order valence-electron chi connectivity index (χ0n) is 12.4. The van der Waals surface area contributed by atoms with Crippen molar-refractivity contribution in [3.8, 4) is 0 Å². The molecule has 0 spiro atoms. The maximum atomic E-state index is 12.3. The first-order chi connectivity index (χ1) is 10.1. The molecule has 0 bridgehead atoms. The second-order valence-corrected chi connectivity index (χ2v) is 5.72. The van der Waals surface area contributed by atoms with E-state index in [0.717, 1.165) is 30.8 Å². The quantitative estimate of drug-likeness (QED) is 0.811. The minimum atomic E-state index is -0.120. The smallest absolute Gasteiger partial charge is 0.256 e. The molecule has 0 atom stereocenters. The van der Waals surface area contributed by atoms with E-state index in [1.165, 1.54) is 5.56 Å². The fourth-order valence-electron chi connectivity index (χ4n) is 2.50. The van der Waals surface area contributed by atoms with Crippen molar-refractivity contribution in [2.75, 3.05) is 17.2 Å². The van der Waals surface area contributed by atoms with Crippen LogP contribution in [0.2, 0.25) is 0 Å². The van der Waals surface area contributed by atoms with Gasteiger partial charge in [-0.15, -0.1) is 0 Å². The number of aromatic nitrogens is 2. The zero-order chi connectivity index (χ0) is 14.8. The summed E-state index contributed by atoms with van der Waals surface area (Å²) >= 11 is 0. The van der Waals surface area contributed by atoms with Crippen molar-refractivity contribution in [1.82, 2.24) is 10.2 Å². The molecule has 21 heavy (non-hydrogen) atoms. The number of hydrogen-bond acceptors (Lipinski definition) is 3. The van der Waals surface area contributed by atoms with Crippen molar-refractivity contribution in [3.05, 3.63) is 41.1 Å².